The molecule has 0 unspecified atom stereocenters. The molecule has 0 saturated carbocycles. The first kappa shape index (κ1) is 33.4. The Morgan fingerprint density at radius 3 is 1.45 bits per heavy atom. The number of aryl methyl sites for hydroxylation is 2. The van der Waals surface area contributed by atoms with Crippen LogP contribution in [0, 0.1) is 13.8 Å². The van der Waals surface area contributed by atoms with E-state index >= 15 is 0 Å². The van der Waals surface area contributed by atoms with E-state index in [1.807, 2.05) is 0 Å². The largest absolute Gasteiger partial charge is 0.0622 e. The lowest BCUT2D eigenvalue weighted by Crippen LogP contribution is -1.91. The fourth-order valence-electron chi connectivity index (χ4n) is 11.1. The van der Waals surface area contributed by atoms with Crippen molar-refractivity contribution in [3.05, 3.63) is 205 Å². The molecule has 0 nitrogen and oxygen atoms in total. The zero-order valence-electron chi connectivity index (χ0n) is 33.5. The second kappa shape index (κ2) is 12.5. The molecule has 0 bridgehead atoms. The summed E-state index contributed by atoms with van der Waals surface area (Å²) in [6.07, 6.45) is 0. The summed E-state index contributed by atoms with van der Waals surface area (Å²) in [6.45, 7) is 4.46. The van der Waals surface area contributed by atoms with Crippen LogP contribution in [-0.4, -0.2) is 0 Å². The molecule has 60 heavy (non-hydrogen) atoms. The van der Waals surface area contributed by atoms with Gasteiger partial charge in [0, 0.05) is 0 Å². The van der Waals surface area contributed by atoms with Crippen LogP contribution in [0.2, 0.25) is 0 Å². The predicted octanol–water partition coefficient (Wildman–Crippen LogP) is 17.1. The van der Waals surface area contributed by atoms with Crippen LogP contribution in [-0.2, 0) is 0 Å². The first-order valence-corrected chi connectivity index (χ1v) is 21.1. The summed E-state index contributed by atoms with van der Waals surface area (Å²) in [5.74, 6) is 0. The minimum absolute atomic E-state index is 1.24. The highest BCUT2D eigenvalue weighted by atomic mass is 14.3. The number of rotatable bonds is 4. The van der Waals surface area contributed by atoms with E-state index in [-0.39, 0.29) is 0 Å². The maximum absolute atomic E-state index is 2.54. The van der Waals surface area contributed by atoms with Crippen molar-refractivity contribution >= 4 is 86.2 Å². The minimum Gasteiger partial charge on any atom is -0.0622 e. The van der Waals surface area contributed by atoms with E-state index in [1.165, 1.54) is 142 Å². The lowest BCUT2D eigenvalue weighted by molar-refractivity contribution is 1.38. The molecule has 0 heteroatoms. The Bertz CT molecular complexity index is 3840. The normalized spacial score (nSPS) is 12.2. The van der Waals surface area contributed by atoms with Crippen LogP contribution in [0.4, 0.5) is 0 Å². The molecule has 0 fully saturated rings. The van der Waals surface area contributed by atoms with Gasteiger partial charge in [-0.2, -0.15) is 0 Å². The lowest BCUT2D eigenvalue weighted by atomic mass is 9.83. The Hall–Kier alpha value is -7.54. The van der Waals surface area contributed by atoms with Crippen molar-refractivity contribution in [2.24, 2.45) is 0 Å². The molecule has 0 aliphatic heterocycles. The van der Waals surface area contributed by atoms with Gasteiger partial charge >= 0.3 is 0 Å². The summed E-state index contributed by atoms with van der Waals surface area (Å²) in [5, 5.41) is 21.0. The molecular weight excluding hydrogens is 721 g/mol. The SMILES string of the molecule is Cc1cccc(C)c1-c1ccc2c(c1)cc1c3c(-c4ccccc4)c4c(cc5c6ccc(-c7ccccc7)cc6c6cccc4c65)c(-c4ccccc4)c3c3cccc2c31. The summed E-state index contributed by atoms with van der Waals surface area (Å²) in [6, 6.07) is 73.0. The fourth-order valence-corrected chi connectivity index (χ4v) is 11.1. The van der Waals surface area contributed by atoms with E-state index in [2.05, 4.69) is 208 Å². The van der Waals surface area contributed by atoms with Gasteiger partial charge in [-0.25, -0.2) is 0 Å². The van der Waals surface area contributed by atoms with Crippen molar-refractivity contribution < 1.29 is 0 Å². The molecule has 0 radical (unpaired) electrons. The average Bonchev–Trinajstić information content (AvgIpc) is 3.79. The van der Waals surface area contributed by atoms with Gasteiger partial charge in [0.1, 0.15) is 0 Å². The van der Waals surface area contributed by atoms with E-state index < -0.39 is 0 Å². The third-order valence-electron chi connectivity index (χ3n) is 13.5. The second-order valence-electron chi connectivity index (χ2n) is 16.8. The van der Waals surface area contributed by atoms with Gasteiger partial charge in [-0.05, 0) is 180 Å². The van der Waals surface area contributed by atoms with Gasteiger partial charge in [-0.15, -0.1) is 0 Å². The quantitative estimate of drug-likeness (QED) is 0.157. The molecule has 0 spiro atoms. The van der Waals surface area contributed by atoms with Crippen LogP contribution in [0.25, 0.3) is 131 Å². The first-order valence-electron chi connectivity index (χ1n) is 21.1. The zero-order valence-corrected chi connectivity index (χ0v) is 33.5. The summed E-state index contributed by atoms with van der Waals surface area (Å²) < 4.78 is 0. The smallest absolute Gasteiger partial charge is 0.000697 e. The van der Waals surface area contributed by atoms with Crippen LogP contribution in [0.15, 0.2) is 194 Å². The van der Waals surface area contributed by atoms with E-state index in [1.54, 1.807) is 0 Å². The van der Waals surface area contributed by atoms with Crippen LogP contribution >= 0.6 is 0 Å². The van der Waals surface area contributed by atoms with Crippen LogP contribution in [0.1, 0.15) is 11.1 Å². The van der Waals surface area contributed by atoms with E-state index in [0.29, 0.717) is 0 Å². The molecule has 0 aliphatic carbocycles. The van der Waals surface area contributed by atoms with Gasteiger partial charge in [0.25, 0.3) is 0 Å². The molecule has 0 N–H and O–H groups in total. The highest BCUT2D eigenvalue weighted by molar-refractivity contribution is 6.46. The number of fused-ring (bicyclic) bond motifs is 10. The topological polar surface area (TPSA) is 0 Å². The standard InChI is InChI=1S/C60H38/c1-35-15-12-16-36(2)53(35)41-28-29-43-42(31-41)33-51-57-45(43)23-13-26-48(57)59-54(38-19-8-4-9-20-38)52-34-50-44-30-27-40(37-17-6-3-7-18-37)32-49(44)46-24-14-25-47(56(46)50)58(52)55(60(51)59)39-21-10-5-11-22-39/h3-34H,1-2H3. The number of hydrogen-bond donors (Lipinski definition) is 0. The summed E-state index contributed by atoms with van der Waals surface area (Å²) in [5.41, 5.74) is 12.8. The molecule has 0 saturated heterocycles. The van der Waals surface area contributed by atoms with Crippen molar-refractivity contribution in [3.8, 4) is 44.5 Å². The molecule has 0 aromatic heterocycles. The van der Waals surface area contributed by atoms with Crippen molar-refractivity contribution in [2.75, 3.05) is 0 Å². The maximum atomic E-state index is 2.54. The molecule has 0 atom stereocenters. The van der Waals surface area contributed by atoms with Gasteiger partial charge in [0.2, 0.25) is 0 Å². The minimum atomic E-state index is 1.24. The second-order valence-corrected chi connectivity index (χ2v) is 16.8. The molecule has 13 rings (SSSR count). The molecule has 13 aromatic carbocycles. The highest BCUT2D eigenvalue weighted by Crippen LogP contribution is 2.55. The molecule has 13 aromatic rings. The van der Waals surface area contributed by atoms with Crippen molar-refractivity contribution in [2.45, 2.75) is 13.8 Å². The van der Waals surface area contributed by atoms with Crippen molar-refractivity contribution in [1.29, 1.82) is 0 Å². The Kier molecular flexibility index (Phi) is 6.95. The zero-order chi connectivity index (χ0) is 39.6. The van der Waals surface area contributed by atoms with Crippen LogP contribution in [0.5, 0.6) is 0 Å². The molecular formula is C60H38. The van der Waals surface area contributed by atoms with Gasteiger partial charge in [0.05, 0.1) is 0 Å². The summed E-state index contributed by atoms with van der Waals surface area (Å²) >= 11 is 0. The van der Waals surface area contributed by atoms with Crippen molar-refractivity contribution in [1.82, 2.24) is 0 Å². The van der Waals surface area contributed by atoms with Gasteiger partial charge in [0.15, 0.2) is 0 Å². The monoisotopic (exact) mass is 758 g/mol. The Labute approximate surface area is 348 Å². The van der Waals surface area contributed by atoms with E-state index in [0.717, 1.165) is 0 Å². The Morgan fingerprint density at radius 2 is 0.750 bits per heavy atom. The Balaban J connectivity index is 1.26. The third kappa shape index (κ3) is 4.56. The average molecular weight is 759 g/mol. The number of hydrogen-bond acceptors (Lipinski definition) is 0. The fraction of sp³-hybridized carbons (Fsp3) is 0.0333. The van der Waals surface area contributed by atoms with Gasteiger partial charge in [-0.1, -0.05) is 170 Å². The van der Waals surface area contributed by atoms with Gasteiger partial charge < -0.3 is 0 Å². The number of benzene rings is 11. The summed E-state index contributed by atoms with van der Waals surface area (Å²) in [4.78, 5) is 0. The van der Waals surface area contributed by atoms with Crippen molar-refractivity contribution in [3.63, 3.8) is 0 Å². The van der Waals surface area contributed by atoms with E-state index in [9.17, 15) is 0 Å². The maximum Gasteiger partial charge on any atom is -0.000697 e. The highest BCUT2D eigenvalue weighted by Gasteiger charge is 2.27. The third-order valence-corrected chi connectivity index (χ3v) is 13.5. The molecule has 278 valence electrons. The molecule has 0 amide bonds. The summed E-state index contributed by atoms with van der Waals surface area (Å²) in [7, 11) is 0. The first-order chi connectivity index (χ1) is 29.6. The molecule has 0 aliphatic rings. The predicted molar refractivity (Wildman–Crippen MR) is 260 cm³/mol. The van der Waals surface area contributed by atoms with Crippen LogP contribution < -0.4 is 0 Å². The Morgan fingerprint density at radius 1 is 0.217 bits per heavy atom. The van der Waals surface area contributed by atoms with E-state index in [4.69, 9.17) is 0 Å². The lowest BCUT2D eigenvalue weighted by Gasteiger charge is -2.19. The molecule has 0 heterocycles. The van der Waals surface area contributed by atoms with Crippen LogP contribution in [0.3, 0.4) is 0 Å². The van der Waals surface area contributed by atoms with Gasteiger partial charge in [-0.3, -0.25) is 0 Å².